The number of rotatable bonds is 6. The normalized spacial score (nSPS) is 17.5. The van der Waals surface area contributed by atoms with E-state index in [2.05, 4.69) is 14.1 Å². The summed E-state index contributed by atoms with van der Waals surface area (Å²) in [6, 6.07) is 1.43. The molecule has 0 saturated carbocycles. The van der Waals surface area contributed by atoms with Crippen LogP contribution in [0.4, 0.5) is 18.9 Å². The van der Waals surface area contributed by atoms with Crippen molar-refractivity contribution in [3.8, 4) is 5.75 Å². The summed E-state index contributed by atoms with van der Waals surface area (Å²) in [6.07, 6.45) is -5.00. The van der Waals surface area contributed by atoms with E-state index in [1.165, 1.54) is 0 Å². The lowest BCUT2D eigenvalue weighted by Gasteiger charge is -2.20. The van der Waals surface area contributed by atoms with Gasteiger partial charge in [0.2, 0.25) is 15.9 Å². The van der Waals surface area contributed by atoms with Gasteiger partial charge in [-0.2, -0.15) is 17.6 Å². The molecule has 0 bridgehead atoms. The Bertz CT molecular complexity index is 958. The molecule has 1 aromatic carbocycles. The number of nitrogens with one attached hydrogen (secondary N) is 1. The minimum absolute atomic E-state index is 0.0131. The summed E-state index contributed by atoms with van der Waals surface area (Å²) in [6.45, 7) is 1.66. The Morgan fingerprint density at radius 3 is 2.46 bits per heavy atom. The summed E-state index contributed by atoms with van der Waals surface area (Å²) in [7, 11) is -2.53. The third-order valence-corrected chi connectivity index (χ3v) is 6.09. The summed E-state index contributed by atoms with van der Waals surface area (Å²) in [5.74, 6) is -1.11. The first kappa shape index (κ1) is 22.1. The van der Waals surface area contributed by atoms with E-state index in [-0.39, 0.29) is 30.4 Å². The van der Waals surface area contributed by atoms with Gasteiger partial charge in [0.1, 0.15) is 10.6 Å². The molecule has 0 fully saturated rings. The molecule has 9 nitrogen and oxygen atoms in total. The van der Waals surface area contributed by atoms with E-state index in [0.29, 0.717) is 10.4 Å². The Morgan fingerprint density at radius 1 is 1.29 bits per heavy atom. The molecule has 1 aromatic rings. The molecule has 2 rings (SSSR count). The highest BCUT2D eigenvalue weighted by Gasteiger charge is 2.40. The number of aromatic hydroxyl groups is 1. The smallest absolute Gasteiger partial charge is 0.417 e. The number of halogens is 3. The fraction of sp³-hybridized carbons (Fsp3) is 0.429. The summed E-state index contributed by atoms with van der Waals surface area (Å²) < 4.78 is 88.9. The monoisotopic (exact) mass is 442 g/mol. The zero-order valence-electron chi connectivity index (χ0n) is 14.9. The predicted octanol–water partition coefficient (Wildman–Crippen LogP) is 1.54. The van der Waals surface area contributed by atoms with Crippen LogP contribution >= 0.6 is 0 Å². The second-order valence-electron chi connectivity index (χ2n) is 5.58. The lowest BCUT2D eigenvalue weighted by molar-refractivity contribution is -0.140. The van der Waals surface area contributed by atoms with E-state index in [4.69, 9.17) is 4.74 Å². The molecular formula is C14H17F3N4O5S2. The van der Waals surface area contributed by atoms with Crippen LogP contribution in [0.2, 0.25) is 0 Å². The van der Waals surface area contributed by atoms with Crippen LogP contribution in [0.15, 0.2) is 25.8 Å². The number of phenolic OH excluding ortho intramolecular Hbond substituents is 1. The van der Waals surface area contributed by atoms with E-state index < -0.39 is 43.6 Å². The number of phenols is 1. The molecule has 1 aliphatic rings. The number of ether oxygens (including phenoxy) is 1. The number of benzene rings is 1. The summed E-state index contributed by atoms with van der Waals surface area (Å²) >= 11 is -1.89. The largest absolute Gasteiger partial charge is 0.504 e. The Balaban J connectivity index is 2.44. The third kappa shape index (κ3) is 4.44. The zero-order valence-corrected chi connectivity index (χ0v) is 16.6. The molecule has 1 unspecified atom stereocenters. The molecule has 1 atom stereocenters. The maximum absolute atomic E-state index is 13.3. The molecule has 14 heteroatoms. The number of hydrogen-bond acceptors (Lipinski definition) is 6. The quantitative estimate of drug-likeness (QED) is 0.645. The highest BCUT2D eigenvalue weighted by molar-refractivity contribution is 7.89. The van der Waals surface area contributed by atoms with E-state index in [0.717, 1.165) is 20.2 Å². The topological polar surface area (TPSA) is 121 Å². The molecule has 0 saturated heterocycles. The maximum atomic E-state index is 13.3. The first-order valence-electron chi connectivity index (χ1n) is 7.70. The van der Waals surface area contributed by atoms with Crippen molar-refractivity contribution in [2.24, 2.45) is 8.80 Å². The van der Waals surface area contributed by atoms with Gasteiger partial charge in [0, 0.05) is 14.1 Å². The first-order chi connectivity index (χ1) is 12.9. The minimum atomic E-state index is -5.00. The third-order valence-electron chi connectivity index (χ3n) is 3.50. The van der Waals surface area contributed by atoms with Crippen LogP contribution < -0.4 is 5.32 Å². The van der Waals surface area contributed by atoms with Gasteiger partial charge in [-0.05, 0) is 19.1 Å². The van der Waals surface area contributed by atoms with Crippen LogP contribution in [0.5, 0.6) is 5.75 Å². The van der Waals surface area contributed by atoms with Crippen LogP contribution in [0.3, 0.4) is 0 Å². The predicted molar refractivity (Wildman–Crippen MR) is 97.1 cm³/mol. The molecular weight excluding hydrogens is 425 g/mol. The fourth-order valence-corrected chi connectivity index (χ4v) is 4.04. The van der Waals surface area contributed by atoms with Crippen molar-refractivity contribution in [3.05, 3.63) is 17.7 Å². The molecule has 1 aliphatic heterocycles. The Morgan fingerprint density at radius 2 is 1.93 bits per heavy atom. The SMILES string of the molecule is CCOC1=NS(=O)N=C1CNc1ccc(C(F)(F)F)c(S(=O)(=O)N(C)C)c1O. The van der Waals surface area contributed by atoms with E-state index >= 15 is 0 Å². The van der Waals surface area contributed by atoms with Gasteiger partial charge < -0.3 is 15.2 Å². The van der Waals surface area contributed by atoms with Gasteiger partial charge >= 0.3 is 6.18 Å². The van der Waals surface area contributed by atoms with E-state index in [1.54, 1.807) is 6.92 Å². The highest BCUT2D eigenvalue weighted by Crippen LogP contribution is 2.42. The van der Waals surface area contributed by atoms with E-state index in [1.807, 2.05) is 0 Å². The maximum Gasteiger partial charge on any atom is 0.417 e. The average Bonchev–Trinajstić information content (AvgIpc) is 2.92. The number of hydrogen-bond donors (Lipinski definition) is 2. The molecule has 0 amide bonds. The lowest BCUT2D eigenvalue weighted by atomic mass is 10.1. The molecule has 0 spiro atoms. The van der Waals surface area contributed by atoms with Crippen molar-refractivity contribution in [2.75, 3.05) is 32.6 Å². The molecule has 28 heavy (non-hydrogen) atoms. The number of alkyl halides is 3. The molecule has 2 N–H and O–H groups in total. The van der Waals surface area contributed by atoms with Crippen LogP contribution in [-0.4, -0.2) is 60.9 Å². The Hall–Kier alpha value is -2.19. The summed E-state index contributed by atoms with van der Waals surface area (Å²) in [5, 5.41) is 12.9. The van der Waals surface area contributed by atoms with Crippen molar-refractivity contribution in [1.29, 1.82) is 0 Å². The average molecular weight is 442 g/mol. The number of anilines is 1. The molecule has 0 aliphatic carbocycles. The van der Waals surface area contributed by atoms with Crippen LogP contribution in [0.1, 0.15) is 12.5 Å². The summed E-state index contributed by atoms with van der Waals surface area (Å²) in [4.78, 5) is -1.27. The minimum Gasteiger partial charge on any atom is -0.504 e. The van der Waals surface area contributed by atoms with Crippen molar-refractivity contribution in [3.63, 3.8) is 0 Å². The number of sulfonamides is 1. The van der Waals surface area contributed by atoms with E-state index in [9.17, 15) is 30.9 Å². The standard InChI is InChI=1S/C14H17F3N4O5S2/c1-4-26-13-10(19-27(23)20-13)7-18-9-6-5-8(14(15,16)17)12(11(9)22)28(24,25)21(2)3/h5-6,18,22H,4,7H2,1-3H3. The summed E-state index contributed by atoms with van der Waals surface area (Å²) in [5.41, 5.74) is -1.68. The molecule has 1 heterocycles. The van der Waals surface area contributed by atoms with Crippen LogP contribution in [0.25, 0.3) is 0 Å². The van der Waals surface area contributed by atoms with Crippen molar-refractivity contribution >= 4 is 38.5 Å². The second kappa shape index (κ2) is 8.05. The van der Waals surface area contributed by atoms with Gasteiger partial charge in [-0.15, -0.1) is 4.40 Å². The van der Waals surface area contributed by atoms with Gasteiger partial charge in [-0.25, -0.2) is 16.9 Å². The van der Waals surface area contributed by atoms with Gasteiger partial charge in [0.25, 0.3) is 11.2 Å². The van der Waals surface area contributed by atoms with Gasteiger partial charge in [-0.3, -0.25) is 0 Å². The van der Waals surface area contributed by atoms with Crippen LogP contribution in [0, 0.1) is 0 Å². The molecule has 156 valence electrons. The van der Waals surface area contributed by atoms with Gasteiger partial charge in [-0.1, -0.05) is 0 Å². The lowest BCUT2D eigenvalue weighted by Crippen LogP contribution is -2.26. The first-order valence-corrected chi connectivity index (χ1v) is 10.2. The van der Waals surface area contributed by atoms with Crippen molar-refractivity contribution in [1.82, 2.24) is 4.31 Å². The Labute approximate surface area is 161 Å². The molecule has 0 aromatic heterocycles. The van der Waals surface area contributed by atoms with Crippen molar-refractivity contribution in [2.45, 2.75) is 18.0 Å². The van der Waals surface area contributed by atoms with Gasteiger partial charge in [0.15, 0.2) is 5.75 Å². The fourth-order valence-electron chi connectivity index (χ4n) is 2.19. The van der Waals surface area contributed by atoms with Crippen LogP contribution in [-0.2, 0) is 32.1 Å². The highest BCUT2D eigenvalue weighted by atomic mass is 32.2. The number of nitrogens with zero attached hydrogens (tertiary/aromatic N) is 3. The zero-order chi connectivity index (χ0) is 21.3. The van der Waals surface area contributed by atoms with Crippen molar-refractivity contribution < 1.29 is 35.6 Å². The molecule has 0 radical (unpaired) electrons. The second-order valence-corrected chi connectivity index (χ2v) is 8.49. The van der Waals surface area contributed by atoms with Gasteiger partial charge in [0.05, 0.1) is 24.4 Å². The Kier molecular flexibility index (Phi) is 6.35.